The first-order valence-corrected chi connectivity index (χ1v) is 12.6. The van der Waals surface area contributed by atoms with E-state index in [1.165, 1.54) is 31.4 Å². The first kappa shape index (κ1) is 26.3. The molecule has 0 N–H and O–H groups in total. The minimum absolute atomic E-state index is 0.0223. The number of halogens is 4. The van der Waals surface area contributed by atoms with Gasteiger partial charge in [-0.2, -0.15) is 13.2 Å². The molecule has 1 aliphatic heterocycles. The molecule has 1 heterocycles. The van der Waals surface area contributed by atoms with Crippen LogP contribution >= 0.6 is 0 Å². The SMILES string of the molecule is CCCCOc1ccc(C2CCC(OCC3CCC(CCC)CO3)CC2)c(C(F)(F)F)c1F. The second kappa shape index (κ2) is 12.4. The Kier molecular flexibility index (Phi) is 9.86. The summed E-state index contributed by atoms with van der Waals surface area (Å²) in [7, 11) is 0. The Morgan fingerprint density at radius 3 is 2.36 bits per heavy atom. The zero-order valence-corrected chi connectivity index (χ0v) is 19.9. The lowest BCUT2D eigenvalue weighted by Crippen LogP contribution is -2.32. The Bertz CT molecular complexity index is 721. The summed E-state index contributed by atoms with van der Waals surface area (Å²) in [6.45, 7) is 5.66. The van der Waals surface area contributed by atoms with Crippen molar-refractivity contribution in [3.05, 3.63) is 29.1 Å². The average molecular weight is 475 g/mol. The Hall–Kier alpha value is -1.34. The number of alkyl halides is 3. The molecule has 1 saturated carbocycles. The summed E-state index contributed by atoms with van der Waals surface area (Å²) in [5, 5.41) is 0. The van der Waals surface area contributed by atoms with Crippen molar-refractivity contribution in [2.75, 3.05) is 19.8 Å². The maximum absolute atomic E-state index is 14.8. The molecule has 2 aliphatic rings. The molecule has 0 spiro atoms. The fourth-order valence-corrected chi connectivity index (χ4v) is 5.05. The number of hydrogen-bond acceptors (Lipinski definition) is 3. The van der Waals surface area contributed by atoms with Crippen LogP contribution in [0.4, 0.5) is 17.6 Å². The molecule has 3 nitrogen and oxygen atoms in total. The second-order valence-corrected chi connectivity index (χ2v) is 9.54. The lowest BCUT2D eigenvalue weighted by atomic mass is 9.80. The van der Waals surface area contributed by atoms with Crippen LogP contribution in [0, 0.1) is 11.7 Å². The molecule has 0 aromatic heterocycles. The Labute approximate surface area is 195 Å². The largest absolute Gasteiger partial charge is 0.491 e. The van der Waals surface area contributed by atoms with Crippen molar-refractivity contribution < 1.29 is 31.8 Å². The minimum Gasteiger partial charge on any atom is -0.491 e. The van der Waals surface area contributed by atoms with E-state index in [4.69, 9.17) is 14.2 Å². The number of unbranched alkanes of at least 4 members (excludes halogenated alkanes) is 1. The quantitative estimate of drug-likeness (QED) is 0.257. The molecule has 0 bridgehead atoms. The summed E-state index contributed by atoms with van der Waals surface area (Å²) < 4.78 is 73.4. The van der Waals surface area contributed by atoms with E-state index in [0.29, 0.717) is 44.6 Å². The van der Waals surface area contributed by atoms with Crippen LogP contribution in [0.2, 0.25) is 0 Å². The summed E-state index contributed by atoms with van der Waals surface area (Å²) in [4.78, 5) is 0. The predicted molar refractivity (Wildman–Crippen MR) is 120 cm³/mol. The number of ether oxygens (including phenoxy) is 3. The first-order chi connectivity index (χ1) is 15.8. The highest BCUT2D eigenvalue weighted by molar-refractivity contribution is 5.41. The summed E-state index contributed by atoms with van der Waals surface area (Å²) in [6, 6.07) is 2.76. The van der Waals surface area contributed by atoms with Crippen LogP contribution in [-0.4, -0.2) is 32.0 Å². The van der Waals surface area contributed by atoms with E-state index in [0.717, 1.165) is 19.4 Å². The Morgan fingerprint density at radius 2 is 1.76 bits per heavy atom. The highest BCUT2D eigenvalue weighted by atomic mass is 19.4. The number of rotatable bonds is 10. The smallest absolute Gasteiger partial charge is 0.419 e. The fourth-order valence-electron chi connectivity index (χ4n) is 5.05. The van der Waals surface area contributed by atoms with Crippen LogP contribution in [-0.2, 0) is 15.7 Å². The van der Waals surface area contributed by atoms with Crippen molar-refractivity contribution in [2.24, 2.45) is 5.92 Å². The molecular formula is C26H38F4O3. The molecule has 188 valence electrons. The molecule has 1 saturated heterocycles. The van der Waals surface area contributed by atoms with E-state index in [1.54, 1.807) is 0 Å². The van der Waals surface area contributed by atoms with Crippen molar-refractivity contribution in [3.63, 3.8) is 0 Å². The van der Waals surface area contributed by atoms with Gasteiger partial charge < -0.3 is 14.2 Å². The van der Waals surface area contributed by atoms with Gasteiger partial charge in [-0.3, -0.25) is 0 Å². The monoisotopic (exact) mass is 474 g/mol. The first-order valence-electron chi connectivity index (χ1n) is 12.6. The van der Waals surface area contributed by atoms with Crippen molar-refractivity contribution >= 4 is 0 Å². The lowest BCUT2D eigenvalue weighted by molar-refractivity contribution is -0.141. The van der Waals surface area contributed by atoms with E-state index in [-0.39, 0.29) is 36.0 Å². The van der Waals surface area contributed by atoms with Crippen LogP contribution in [0.15, 0.2) is 12.1 Å². The van der Waals surface area contributed by atoms with Gasteiger partial charge in [-0.15, -0.1) is 0 Å². The van der Waals surface area contributed by atoms with Gasteiger partial charge in [-0.1, -0.05) is 32.8 Å². The number of hydrogen-bond donors (Lipinski definition) is 0. The summed E-state index contributed by atoms with van der Waals surface area (Å²) in [5.74, 6) is -1.29. The summed E-state index contributed by atoms with van der Waals surface area (Å²) in [6.07, 6.45) is 3.84. The zero-order chi connectivity index (χ0) is 23.8. The van der Waals surface area contributed by atoms with Crippen LogP contribution in [0.3, 0.4) is 0 Å². The van der Waals surface area contributed by atoms with E-state index in [2.05, 4.69) is 6.92 Å². The lowest BCUT2D eigenvalue weighted by Gasteiger charge is -2.33. The molecule has 2 unspecified atom stereocenters. The van der Waals surface area contributed by atoms with Crippen molar-refractivity contribution in [1.82, 2.24) is 0 Å². The second-order valence-electron chi connectivity index (χ2n) is 9.54. The van der Waals surface area contributed by atoms with Crippen LogP contribution in [0.5, 0.6) is 5.75 Å². The average Bonchev–Trinajstić information content (AvgIpc) is 2.79. The highest BCUT2D eigenvalue weighted by Crippen LogP contribution is 2.44. The molecule has 0 amide bonds. The van der Waals surface area contributed by atoms with Crippen molar-refractivity contribution in [2.45, 2.75) is 102 Å². The standard InChI is InChI=1S/C26H38F4O3/c1-3-5-15-31-23-14-13-22(24(25(23)27)26(28,29)30)19-8-11-20(12-9-19)33-17-21-10-7-18(6-4-2)16-32-21/h13-14,18-21H,3-12,15-17H2,1-2H3. The normalized spacial score (nSPS) is 26.4. The molecule has 2 atom stereocenters. The van der Waals surface area contributed by atoms with Gasteiger partial charge in [-0.25, -0.2) is 4.39 Å². The third kappa shape index (κ3) is 7.32. The van der Waals surface area contributed by atoms with Gasteiger partial charge in [0, 0.05) is 6.61 Å². The molecule has 0 radical (unpaired) electrons. The summed E-state index contributed by atoms with van der Waals surface area (Å²) >= 11 is 0. The molecule has 2 fully saturated rings. The Balaban J connectivity index is 1.55. The molecule has 1 aromatic carbocycles. The van der Waals surface area contributed by atoms with Gasteiger partial charge >= 0.3 is 6.18 Å². The zero-order valence-electron chi connectivity index (χ0n) is 19.9. The predicted octanol–water partition coefficient (Wildman–Crippen LogP) is 7.66. The van der Waals surface area contributed by atoms with Gasteiger partial charge in [0.15, 0.2) is 11.6 Å². The van der Waals surface area contributed by atoms with Gasteiger partial charge in [0.25, 0.3) is 0 Å². The maximum Gasteiger partial charge on any atom is 0.419 e. The maximum atomic E-state index is 14.8. The van der Waals surface area contributed by atoms with Gasteiger partial charge in [0.05, 0.1) is 31.0 Å². The van der Waals surface area contributed by atoms with Crippen molar-refractivity contribution in [1.29, 1.82) is 0 Å². The van der Waals surface area contributed by atoms with Gasteiger partial charge in [0.1, 0.15) is 0 Å². The minimum atomic E-state index is -4.76. The topological polar surface area (TPSA) is 27.7 Å². The molecule has 3 rings (SSSR count). The molecule has 1 aromatic rings. The van der Waals surface area contributed by atoms with Gasteiger partial charge in [0.2, 0.25) is 0 Å². The third-order valence-corrected chi connectivity index (χ3v) is 6.97. The fraction of sp³-hybridized carbons (Fsp3) is 0.769. The Morgan fingerprint density at radius 1 is 1.00 bits per heavy atom. The van der Waals surface area contributed by atoms with E-state index in [9.17, 15) is 17.6 Å². The molecule has 7 heteroatoms. The molecule has 1 aliphatic carbocycles. The summed E-state index contributed by atoms with van der Waals surface area (Å²) in [5.41, 5.74) is -1.13. The van der Waals surface area contributed by atoms with Crippen LogP contribution < -0.4 is 4.74 Å². The molecular weight excluding hydrogens is 436 g/mol. The third-order valence-electron chi connectivity index (χ3n) is 6.97. The van der Waals surface area contributed by atoms with Crippen LogP contribution in [0.25, 0.3) is 0 Å². The van der Waals surface area contributed by atoms with Crippen LogP contribution in [0.1, 0.15) is 95.1 Å². The highest BCUT2D eigenvalue weighted by Gasteiger charge is 2.40. The van der Waals surface area contributed by atoms with E-state index in [1.807, 2.05) is 6.92 Å². The van der Waals surface area contributed by atoms with Crippen molar-refractivity contribution in [3.8, 4) is 5.75 Å². The van der Waals surface area contributed by atoms with E-state index < -0.39 is 17.6 Å². The van der Waals surface area contributed by atoms with E-state index >= 15 is 0 Å². The van der Waals surface area contributed by atoms with Gasteiger partial charge in [-0.05, 0) is 74.8 Å². The number of benzene rings is 1. The molecule has 33 heavy (non-hydrogen) atoms.